The Kier molecular flexibility index (Phi) is 2.09. The van der Waals surface area contributed by atoms with Crippen molar-refractivity contribution in [2.24, 2.45) is 0 Å². The van der Waals surface area contributed by atoms with Gasteiger partial charge in [0.15, 0.2) is 0 Å². The Morgan fingerprint density at radius 2 is 1.40 bits per heavy atom. The Balaban J connectivity index is 2.53. The van der Waals surface area contributed by atoms with Crippen LogP contribution >= 0.6 is 0 Å². The second-order valence-electron chi connectivity index (χ2n) is 3.39. The van der Waals surface area contributed by atoms with E-state index >= 15 is 0 Å². The zero-order chi connectivity index (χ0) is 10.3. The van der Waals surface area contributed by atoms with Crippen LogP contribution in [-0.4, -0.2) is 32.5 Å². The first kappa shape index (κ1) is 9.09. The molecule has 0 saturated heterocycles. The van der Waals surface area contributed by atoms with E-state index in [0.29, 0.717) is 0 Å². The fraction of sp³-hybridized carbons (Fsp3) is 0. The molecule has 0 N–H and O–H groups in total. The number of rotatable bonds is 0. The third kappa shape index (κ3) is 1.49. The summed E-state index contributed by atoms with van der Waals surface area (Å²) in [6.07, 6.45) is 0. The van der Waals surface area contributed by atoms with Crippen molar-refractivity contribution < 1.29 is 0 Å². The molecule has 0 aliphatic carbocycles. The van der Waals surface area contributed by atoms with E-state index in [1.807, 2.05) is 36.4 Å². The molecular weight excluding hydrogens is 291 g/mol. The summed E-state index contributed by atoms with van der Waals surface area (Å²) in [7, 11) is 0. The molecule has 3 rings (SSSR count). The zero-order valence-electron chi connectivity index (χ0n) is 7.94. The number of fused-ring (bicyclic) bond motifs is 2. The van der Waals surface area contributed by atoms with E-state index in [0.717, 1.165) is 22.1 Å². The van der Waals surface area contributed by atoms with Gasteiger partial charge < -0.3 is 0 Å². The van der Waals surface area contributed by atoms with E-state index in [9.17, 15) is 0 Å². The van der Waals surface area contributed by atoms with Gasteiger partial charge in [-0.15, -0.1) is 0 Å². The molecule has 0 fully saturated rings. The molecule has 1 heterocycles. The molecule has 69 valence electrons. The molecule has 0 aliphatic heterocycles. The SMILES string of the molecule is [Sn][c]1cccc2nc3ccccc3nc12. The maximum absolute atomic E-state index is 4.64. The van der Waals surface area contributed by atoms with E-state index in [4.69, 9.17) is 0 Å². The van der Waals surface area contributed by atoms with Crippen molar-refractivity contribution in [3.8, 4) is 0 Å². The Bertz CT molecular complexity index is 649. The fourth-order valence-electron chi connectivity index (χ4n) is 1.64. The van der Waals surface area contributed by atoms with Gasteiger partial charge in [-0.25, -0.2) is 0 Å². The third-order valence-electron chi connectivity index (χ3n) is 2.37. The van der Waals surface area contributed by atoms with Gasteiger partial charge in [0.25, 0.3) is 0 Å². The standard InChI is InChI=1S/C12H7N2.Sn/c1-2-6-10-9(5-1)13-11-7-3-4-8-12(11)14-10;/h1-7H;. The second-order valence-corrected chi connectivity index (χ2v) is 4.92. The van der Waals surface area contributed by atoms with Crippen LogP contribution in [0.5, 0.6) is 0 Å². The normalized spacial score (nSPS) is 11.0. The van der Waals surface area contributed by atoms with Crippen molar-refractivity contribution in [2.45, 2.75) is 0 Å². The van der Waals surface area contributed by atoms with Crippen molar-refractivity contribution in [2.75, 3.05) is 0 Å². The van der Waals surface area contributed by atoms with E-state index in [1.54, 1.807) is 0 Å². The molecule has 2 aromatic carbocycles. The van der Waals surface area contributed by atoms with Crippen LogP contribution in [0.15, 0.2) is 42.5 Å². The second kappa shape index (κ2) is 3.45. The van der Waals surface area contributed by atoms with E-state index < -0.39 is 0 Å². The summed E-state index contributed by atoms with van der Waals surface area (Å²) in [6.45, 7) is 0. The first-order valence-electron chi connectivity index (χ1n) is 4.72. The summed E-state index contributed by atoms with van der Waals surface area (Å²) in [4.78, 5) is 9.23. The quantitative estimate of drug-likeness (QED) is 0.465. The summed E-state index contributed by atoms with van der Waals surface area (Å²) in [5.41, 5.74) is 3.96. The minimum atomic E-state index is 0.964. The summed E-state index contributed by atoms with van der Waals surface area (Å²) in [6, 6.07) is 14.1. The van der Waals surface area contributed by atoms with Gasteiger partial charge in [-0.1, -0.05) is 0 Å². The first-order chi connectivity index (χ1) is 7.34. The van der Waals surface area contributed by atoms with Crippen molar-refractivity contribution in [3.05, 3.63) is 42.5 Å². The minimum absolute atomic E-state index is 0.964. The maximum atomic E-state index is 4.64. The van der Waals surface area contributed by atoms with Crippen molar-refractivity contribution in [3.63, 3.8) is 0 Å². The molecule has 15 heavy (non-hydrogen) atoms. The summed E-state index contributed by atoms with van der Waals surface area (Å²) >= 11 is 1.38. The fourth-order valence-corrected chi connectivity index (χ4v) is 2.44. The number of nitrogens with zero attached hydrogens (tertiary/aromatic N) is 2. The number of hydrogen-bond donors (Lipinski definition) is 0. The van der Waals surface area contributed by atoms with Gasteiger partial charge in [0.1, 0.15) is 0 Å². The molecule has 3 radical (unpaired) electrons. The average molecular weight is 298 g/mol. The number of para-hydroxylation sites is 3. The molecule has 0 saturated carbocycles. The van der Waals surface area contributed by atoms with Crippen molar-refractivity contribution in [1.29, 1.82) is 0 Å². The van der Waals surface area contributed by atoms with Crippen LogP contribution < -0.4 is 3.58 Å². The summed E-state index contributed by atoms with van der Waals surface area (Å²) < 4.78 is 1.26. The molecule has 3 heteroatoms. The number of aromatic nitrogens is 2. The van der Waals surface area contributed by atoms with E-state index in [2.05, 4.69) is 16.0 Å². The van der Waals surface area contributed by atoms with Crippen LogP contribution in [0.1, 0.15) is 0 Å². The average Bonchev–Trinajstić information content (AvgIpc) is 2.27. The monoisotopic (exact) mass is 299 g/mol. The van der Waals surface area contributed by atoms with Crippen LogP contribution in [-0.2, 0) is 0 Å². The number of benzene rings is 2. The Morgan fingerprint density at radius 3 is 2.20 bits per heavy atom. The predicted octanol–water partition coefficient (Wildman–Crippen LogP) is 1.58. The van der Waals surface area contributed by atoms with Crippen molar-refractivity contribution in [1.82, 2.24) is 9.97 Å². The molecule has 3 aromatic rings. The summed E-state index contributed by atoms with van der Waals surface area (Å²) in [5.74, 6) is 0. The van der Waals surface area contributed by atoms with Gasteiger partial charge in [-0.05, 0) is 0 Å². The van der Waals surface area contributed by atoms with Crippen molar-refractivity contribution >= 4 is 48.2 Å². The van der Waals surface area contributed by atoms with E-state index in [-0.39, 0.29) is 0 Å². The van der Waals surface area contributed by atoms with Crippen LogP contribution in [0.3, 0.4) is 0 Å². The van der Waals surface area contributed by atoms with Gasteiger partial charge in [0, 0.05) is 0 Å². The van der Waals surface area contributed by atoms with Crippen LogP contribution in [0.25, 0.3) is 22.1 Å². The molecule has 0 aliphatic rings. The predicted molar refractivity (Wildman–Crippen MR) is 62.4 cm³/mol. The Hall–Kier alpha value is -1.16. The van der Waals surface area contributed by atoms with Gasteiger partial charge in [-0.2, -0.15) is 0 Å². The Labute approximate surface area is 100 Å². The molecule has 0 spiro atoms. The van der Waals surface area contributed by atoms with Crippen LogP contribution in [0.4, 0.5) is 0 Å². The van der Waals surface area contributed by atoms with Gasteiger partial charge in [0.05, 0.1) is 0 Å². The van der Waals surface area contributed by atoms with Crippen LogP contribution in [0, 0.1) is 0 Å². The van der Waals surface area contributed by atoms with E-state index in [1.165, 1.54) is 26.1 Å². The van der Waals surface area contributed by atoms with Gasteiger partial charge in [0.2, 0.25) is 0 Å². The molecule has 0 atom stereocenters. The Morgan fingerprint density at radius 1 is 0.733 bits per heavy atom. The molecular formula is C12H7N2Sn. The zero-order valence-corrected chi connectivity index (χ0v) is 10.8. The number of hydrogen-bond acceptors (Lipinski definition) is 2. The molecule has 0 unspecified atom stereocenters. The van der Waals surface area contributed by atoms with Crippen LogP contribution in [0.2, 0.25) is 0 Å². The molecule has 2 nitrogen and oxygen atoms in total. The first-order valence-corrected chi connectivity index (χ1v) is 6.14. The molecule has 1 aromatic heterocycles. The summed E-state index contributed by atoms with van der Waals surface area (Å²) in [5, 5.41) is 0. The van der Waals surface area contributed by atoms with Gasteiger partial charge in [-0.3, -0.25) is 0 Å². The molecule has 0 amide bonds. The third-order valence-corrected chi connectivity index (χ3v) is 3.52. The van der Waals surface area contributed by atoms with Gasteiger partial charge >= 0.3 is 101 Å². The molecule has 0 bridgehead atoms. The topological polar surface area (TPSA) is 25.8 Å².